The van der Waals surface area contributed by atoms with Gasteiger partial charge in [0.15, 0.2) is 0 Å². The van der Waals surface area contributed by atoms with E-state index in [9.17, 15) is 9.90 Å². The van der Waals surface area contributed by atoms with Crippen LogP contribution < -0.4 is 5.63 Å². The quantitative estimate of drug-likeness (QED) is 0.883. The Balaban J connectivity index is 2.25. The first-order valence-corrected chi connectivity index (χ1v) is 5.54. The summed E-state index contributed by atoms with van der Waals surface area (Å²) in [5, 5.41) is 9.39. The highest BCUT2D eigenvalue weighted by Gasteiger charge is 2.15. The van der Waals surface area contributed by atoms with Crippen LogP contribution in [0.2, 0.25) is 0 Å². The zero-order valence-electron chi connectivity index (χ0n) is 9.55. The van der Waals surface area contributed by atoms with Gasteiger partial charge in [-0.15, -0.1) is 0 Å². The third-order valence-electron chi connectivity index (χ3n) is 2.73. The van der Waals surface area contributed by atoms with Crippen LogP contribution in [-0.4, -0.2) is 5.11 Å². The van der Waals surface area contributed by atoms with Crippen molar-refractivity contribution < 1.29 is 13.9 Å². The van der Waals surface area contributed by atoms with Gasteiger partial charge in [-0.25, -0.2) is 4.79 Å². The number of hydrogen-bond acceptors (Lipinski definition) is 4. The molecule has 17 heavy (non-hydrogen) atoms. The van der Waals surface area contributed by atoms with E-state index >= 15 is 0 Å². The Kier molecular flexibility index (Phi) is 3.32. The summed E-state index contributed by atoms with van der Waals surface area (Å²) < 4.78 is 10.1. The van der Waals surface area contributed by atoms with E-state index in [0.29, 0.717) is 5.76 Å². The Bertz CT molecular complexity index is 525. The normalized spacial score (nSPS) is 12.5. The molecule has 0 fully saturated rings. The van der Waals surface area contributed by atoms with Crippen molar-refractivity contribution in [3.8, 4) is 5.75 Å². The fourth-order valence-electron chi connectivity index (χ4n) is 1.82. The van der Waals surface area contributed by atoms with Gasteiger partial charge in [-0.2, -0.15) is 0 Å². The molecule has 1 N–H and O–H groups in total. The Labute approximate surface area is 98.5 Å². The number of hydrogen-bond donors (Lipinski definition) is 1. The van der Waals surface area contributed by atoms with Gasteiger partial charge in [0, 0.05) is 12.0 Å². The minimum Gasteiger partial charge on any atom is -0.508 e. The van der Waals surface area contributed by atoms with Gasteiger partial charge in [-0.3, -0.25) is 0 Å². The minimum absolute atomic E-state index is 0.0538. The first-order chi connectivity index (χ1) is 8.19. The molecule has 1 atom stereocenters. The number of aromatic hydroxyl groups is 1. The van der Waals surface area contributed by atoms with Crippen LogP contribution in [0.4, 0.5) is 0 Å². The number of rotatable bonds is 4. The van der Waals surface area contributed by atoms with Crippen LogP contribution in [0.25, 0.3) is 0 Å². The molecule has 0 spiro atoms. The highest BCUT2D eigenvalue weighted by Crippen LogP contribution is 2.25. The van der Waals surface area contributed by atoms with Gasteiger partial charge >= 0.3 is 5.63 Å². The molecule has 0 aliphatic rings. The molecule has 0 aromatic carbocycles. The molecule has 0 amide bonds. The van der Waals surface area contributed by atoms with Crippen molar-refractivity contribution in [2.45, 2.75) is 25.7 Å². The standard InChI is InChI=1S/C13H14O4/c1-2-10(5-9-3-4-16-8-9)12-6-11(14)7-13(15)17-12/h3-4,6-8,10,14H,2,5H2,1H3. The molecule has 2 aromatic heterocycles. The van der Waals surface area contributed by atoms with E-state index in [4.69, 9.17) is 8.83 Å². The summed E-state index contributed by atoms with van der Waals surface area (Å²) in [6.45, 7) is 2.01. The van der Waals surface area contributed by atoms with Crippen molar-refractivity contribution in [2.75, 3.05) is 0 Å². The Morgan fingerprint density at radius 3 is 2.82 bits per heavy atom. The molecular formula is C13H14O4. The summed E-state index contributed by atoms with van der Waals surface area (Å²) in [5.74, 6) is 0.521. The maximum atomic E-state index is 11.2. The van der Waals surface area contributed by atoms with Crippen molar-refractivity contribution in [2.24, 2.45) is 0 Å². The van der Waals surface area contributed by atoms with E-state index in [0.717, 1.165) is 24.5 Å². The zero-order chi connectivity index (χ0) is 12.3. The summed E-state index contributed by atoms with van der Waals surface area (Å²) in [4.78, 5) is 11.2. The van der Waals surface area contributed by atoms with Crippen LogP contribution in [0.5, 0.6) is 5.75 Å². The van der Waals surface area contributed by atoms with Crippen LogP contribution in [0.1, 0.15) is 30.6 Å². The summed E-state index contributed by atoms with van der Waals surface area (Å²) in [5.41, 5.74) is 0.522. The summed E-state index contributed by atoms with van der Waals surface area (Å²) in [6.07, 6.45) is 4.82. The second kappa shape index (κ2) is 4.91. The monoisotopic (exact) mass is 234 g/mol. The highest BCUT2D eigenvalue weighted by atomic mass is 16.4. The third-order valence-corrected chi connectivity index (χ3v) is 2.73. The predicted molar refractivity (Wildman–Crippen MR) is 62.1 cm³/mol. The second-order valence-corrected chi connectivity index (χ2v) is 3.98. The van der Waals surface area contributed by atoms with Crippen molar-refractivity contribution >= 4 is 0 Å². The average Bonchev–Trinajstić information content (AvgIpc) is 2.77. The predicted octanol–water partition coefficient (Wildman–Crippen LogP) is 2.67. The van der Waals surface area contributed by atoms with Gasteiger partial charge in [-0.1, -0.05) is 6.92 Å². The van der Waals surface area contributed by atoms with E-state index < -0.39 is 5.63 Å². The molecule has 0 aliphatic carbocycles. The van der Waals surface area contributed by atoms with E-state index in [2.05, 4.69) is 0 Å². The van der Waals surface area contributed by atoms with Crippen molar-refractivity contribution in [3.05, 3.63) is 52.5 Å². The molecule has 0 saturated heterocycles. The Morgan fingerprint density at radius 2 is 2.24 bits per heavy atom. The van der Waals surface area contributed by atoms with Crippen LogP contribution in [0.3, 0.4) is 0 Å². The van der Waals surface area contributed by atoms with Gasteiger partial charge in [0.05, 0.1) is 18.6 Å². The van der Waals surface area contributed by atoms with Crippen LogP contribution >= 0.6 is 0 Å². The van der Waals surface area contributed by atoms with E-state index in [1.54, 1.807) is 12.5 Å². The van der Waals surface area contributed by atoms with E-state index in [1.165, 1.54) is 6.07 Å². The topological polar surface area (TPSA) is 63.6 Å². The molecule has 1 unspecified atom stereocenters. The van der Waals surface area contributed by atoms with Gasteiger partial charge in [-0.05, 0) is 24.5 Å². The smallest absolute Gasteiger partial charge is 0.339 e. The molecule has 4 nitrogen and oxygen atoms in total. The van der Waals surface area contributed by atoms with Gasteiger partial charge in [0.2, 0.25) is 0 Å². The lowest BCUT2D eigenvalue weighted by molar-refractivity contribution is 0.393. The lowest BCUT2D eigenvalue weighted by Crippen LogP contribution is -2.06. The molecule has 90 valence electrons. The Morgan fingerprint density at radius 1 is 1.41 bits per heavy atom. The van der Waals surface area contributed by atoms with Gasteiger partial charge < -0.3 is 13.9 Å². The summed E-state index contributed by atoms with van der Waals surface area (Å²) in [6, 6.07) is 4.44. The third kappa shape index (κ3) is 2.78. The van der Waals surface area contributed by atoms with Crippen LogP contribution in [0, 0.1) is 0 Å². The Hall–Kier alpha value is -1.97. The maximum Gasteiger partial charge on any atom is 0.339 e. The van der Waals surface area contributed by atoms with Crippen molar-refractivity contribution in [1.82, 2.24) is 0 Å². The van der Waals surface area contributed by atoms with E-state index in [-0.39, 0.29) is 11.7 Å². The summed E-state index contributed by atoms with van der Waals surface area (Å²) >= 11 is 0. The van der Waals surface area contributed by atoms with Crippen molar-refractivity contribution in [3.63, 3.8) is 0 Å². The molecule has 0 bridgehead atoms. The van der Waals surface area contributed by atoms with Gasteiger partial charge in [0.25, 0.3) is 0 Å². The van der Waals surface area contributed by atoms with Crippen LogP contribution in [0.15, 0.2) is 44.4 Å². The fraction of sp³-hybridized carbons (Fsp3) is 0.308. The molecule has 2 rings (SSSR count). The van der Waals surface area contributed by atoms with Crippen LogP contribution in [-0.2, 0) is 6.42 Å². The molecule has 0 radical (unpaired) electrons. The molecule has 0 saturated carbocycles. The lowest BCUT2D eigenvalue weighted by atomic mass is 9.95. The average molecular weight is 234 g/mol. The molecular weight excluding hydrogens is 220 g/mol. The highest BCUT2D eigenvalue weighted by molar-refractivity contribution is 5.22. The van der Waals surface area contributed by atoms with Crippen molar-refractivity contribution in [1.29, 1.82) is 0 Å². The minimum atomic E-state index is -0.523. The zero-order valence-corrected chi connectivity index (χ0v) is 9.55. The SMILES string of the molecule is CCC(Cc1ccoc1)c1cc(O)cc(=O)o1. The van der Waals surface area contributed by atoms with Gasteiger partial charge in [0.1, 0.15) is 11.5 Å². The van der Waals surface area contributed by atoms with E-state index in [1.807, 2.05) is 13.0 Å². The molecule has 2 heterocycles. The number of furan rings is 1. The largest absolute Gasteiger partial charge is 0.508 e. The first-order valence-electron chi connectivity index (χ1n) is 5.54. The molecule has 4 heteroatoms. The maximum absolute atomic E-state index is 11.2. The molecule has 0 aliphatic heterocycles. The lowest BCUT2D eigenvalue weighted by Gasteiger charge is -2.12. The first kappa shape index (κ1) is 11.5. The fourth-order valence-corrected chi connectivity index (χ4v) is 1.82. The summed E-state index contributed by atoms with van der Waals surface area (Å²) in [7, 11) is 0. The molecule has 2 aromatic rings. The second-order valence-electron chi connectivity index (χ2n) is 3.98.